The summed E-state index contributed by atoms with van der Waals surface area (Å²) in [6.07, 6.45) is 0.378. The maximum Gasteiger partial charge on any atom is 0.227 e. The van der Waals surface area contributed by atoms with Crippen molar-refractivity contribution in [1.82, 2.24) is 5.32 Å². The third-order valence-corrected chi connectivity index (χ3v) is 2.95. The van der Waals surface area contributed by atoms with Crippen molar-refractivity contribution in [1.29, 1.82) is 0 Å². The van der Waals surface area contributed by atoms with Crippen molar-refractivity contribution in [2.75, 3.05) is 7.11 Å². The Labute approximate surface area is 100.0 Å². The van der Waals surface area contributed by atoms with E-state index in [9.17, 15) is 9.59 Å². The zero-order valence-electron chi connectivity index (χ0n) is 9.95. The van der Waals surface area contributed by atoms with Crippen molar-refractivity contribution >= 4 is 11.7 Å². The van der Waals surface area contributed by atoms with Crippen LogP contribution in [0, 0.1) is 6.92 Å². The van der Waals surface area contributed by atoms with Gasteiger partial charge >= 0.3 is 0 Å². The molecule has 1 heterocycles. The van der Waals surface area contributed by atoms with Gasteiger partial charge in [0, 0.05) is 6.42 Å². The van der Waals surface area contributed by atoms with E-state index in [1.165, 1.54) is 0 Å². The Morgan fingerprint density at radius 1 is 1.35 bits per heavy atom. The molecule has 90 valence electrons. The number of aryl methyl sites for hydroxylation is 1. The van der Waals surface area contributed by atoms with Gasteiger partial charge in [-0.05, 0) is 24.1 Å². The third kappa shape index (κ3) is 2.46. The van der Waals surface area contributed by atoms with Crippen molar-refractivity contribution in [3.05, 3.63) is 29.3 Å². The highest BCUT2D eigenvalue weighted by atomic mass is 16.5. The second-order valence-corrected chi connectivity index (χ2v) is 4.27. The predicted molar refractivity (Wildman–Crippen MR) is 62.9 cm³/mol. The van der Waals surface area contributed by atoms with Crippen LogP contribution in [0.25, 0.3) is 0 Å². The molecule has 17 heavy (non-hydrogen) atoms. The fourth-order valence-corrected chi connectivity index (χ4v) is 2.09. The van der Waals surface area contributed by atoms with E-state index in [4.69, 9.17) is 4.74 Å². The van der Waals surface area contributed by atoms with Crippen molar-refractivity contribution < 1.29 is 14.3 Å². The van der Waals surface area contributed by atoms with E-state index in [1.54, 1.807) is 7.11 Å². The van der Waals surface area contributed by atoms with Crippen LogP contribution in [0.4, 0.5) is 0 Å². The SMILES string of the molecule is COc1ccc(C2CC(=O)CC(=O)N2)cc1C. The first-order valence-electron chi connectivity index (χ1n) is 5.55. The minimum Gasteiger partial charge on any atom is -0.496 e. The van der Waals surface area contributed by atoms with E-state index in [2.05, 4.69) is 5.32 Å². The Bertz CT molecular complexity index is 452. The van der Waals surface area contributed by atoms with Gasteiger partial charge in [0.2, 0.25) is 5.91 Å². The molecule has 1 aliphatic heterocycles. The first kappa shape index (κ1) is 11.6. The Hall–Kier alpha value is -1.84. The highest BCUT2D eigenvalue weighted by Gasteiger charge is 2.25. The van der Waals surface area contributed by atoms with E-state index in [0.29, 0.717) is 6.42 Å². The van der Waals surface area contributed by atoms with Crippen LogP contribution in [0.3, 0.4) is 0 Å². The second kappa shape index (κ2) is 4.57. The van der Waals surface area contributed by atoms with Gasteiger partial charge in [-0.3, -0.25) is 9.59 Å². The number of amides is 1. The number of nitrogens with one attached hydrogen (secondary N) is 1. The minimum absolute atomic E-state index is 0.00559. The van der Waals surface area contributed by atoms with Crippen molar-refractivity contribution in [2.24, 2.45) is 0 Å². The fraction of sp³-hybridized carbons (Fsp3) is 0.385. The topological polar surface area (TPSA) is 55.4 Å². The molecule has 0 bridgehead atoms. The largest absolute Gasteiger partial charge is 0.496 e. The standard InChI is InChI=1S/C13H15NO3/c1-8-5-9(3-4-12(8)17-2)11-6-10(15)7-13(16)14-11/h3-5,11H,6-7H2,1-2H3,(H,14,16). The minimum atomic E-state index is -0.201. The Kier molecular flexibility index (Phi) is 3.13. The van der Waals surface area contributed by atoms with Gasteiger partial charge in [0.05, 0.1) is 19.6 Å². The second-order valence-electron chi connectivity index (χ2n) is 4.27. The van der Waals surface area contributed by atoms with E-state index in [1.807, 2.05) is 25.1 Å². The smallest absolute Gasteiger partial charge is 0.227 e. The summed E-state index contributed by atoms with van der Waals surface area (Å²) in [5.41, 5.74) is 1.95. The van der Waals surface area contributed by atoms with Gasteiger partial charge in [0.1, 0.15) is 11.5 Å². The van der Waals surface area contributed by atoms with Gasteiger partial charge in [0.25, 0.3) is 0 Å². The van der Waals surface area contributed by atoms with E-state index < -0.39 is 0 Å². The quantitative estimate of drug-likeness (QED) is 0.788. The van der Waals surface area contributed by atoms with Gasteiger partial charge in [0.15, 0.2) is 0 Å². The van der Waals surface area contributed by atoms with Crippen LogP contribution in [0.1, 0.15) is 30.0 Å². The van der Waals surface area contributed by atoms with Crippen LogP contribution in [0.15, 0.2) is 18.2 Å². The molecular formula is C13H15NO3. The number of methoxy groups -OCH3 is 1. The lowest BCUT2D eigenvalue weighted by molar-refractivity contribution is -0.132. The molecule has 0 saturated carbocycles. The number of ketones is 1. The molecule has 1 fully saturated rings. The van der Waals surface area contributed by atoms with Gasteiger partial charge in [-0.25, -0.2) is 0 Å². The van der Waals surface area contributed by atoms with Crippen LogP contribution in [0.5, 0.6) is 5.75 Å². The number of carbonyl (C=O) groups is 2. The summed E-state index contributed by atoms with van der Waals surface area (Å²) in [4.78, 5) is 22.7. The molecule has 1 N–H and O–H groups in total. The fourth-order valence-electron chi connectivity index (χ4n) is 2.09. The lowest BCUT2D eigenvalue weighted by Gasteiger charge is -2.23. The summed E-state index contributed by atoms with van der Waals surface area (Å²) < 4.78 is 5.18. The van der Waals surface area contributed by atoms with Crippen LogP contribution in [-0.2, 0) is 9.59 Å². The van der Waals surface area contributed by atoms with Crippen molar-refractivity contribution in [3.8, 4) is 5.75 Å². The molecular weight excluding hydrogens is 218 g/mol. The lowest BCUT2D eigenvalue weighted by atomic mass is 9.95. The Morgan fingerprint density at radius 2 is 2.12 bits per heavy atom. The predicted octanol–water partition coefficient (Wildman–Crippen LogP) is 1.52. The molecule has 0 aliphatic carbocycles. The number of piperidine rings is 1. The van der Waals surface area contributed by atoms with Crippen molar-refractivity contribution in [2.45, 2.75) is 25.8 Å². The zero-order chi connectivity index (χ0) is 12.4. The number of carbonyl (C=O) groups excluding carboxylic acids is 2. The summed E-state index contributed by atoms with van der Waals surface area (Å²) in [7, 11) is 1.62. The molecule has 0 aromatic heterocycles. The summed E-state index contributed by atoms with van der Waals surface area (Å²) in [6, 6.07) is 5.49. The Balaban J connectivity index is 2.25. The molecule has 1 atom stereocenters. The van der Waals surface area contributed by atoms with E-state index in [-0.39, 0.29) is 24.2 Å². The summed E-state index contributed by atoms with van der Waals surface area (Å²) in [6.45, 7) is 1.94. The number of benzene rings is 1. The van der Waals surface area contributed by atoms with Gasteiger partial charge in [-0.1, -0.05) is 12.1 Å². The molecule has 1 aromatic carbocycles. The number of hydrogen-bond acceptors (Lipinski definition) is 3. The van der Waals surface area contributed by atoms with Crippen molar-refractivity contribution in [3.63, 3.8) is 0 Å². The monoisotopic (exact) mass is 233 g/mol. The third-order valence-electron chi connectivity index (χ3n) is 2.95. The van der Waals surface area contributed by atoms with Crippen LogP contribution in [-0.4, -0.2) is 18.8 Å². The van der Waals surface area contributed by atoms with Gasteiger partial charge in [-0.2, -0.15) is 0 Å². The number of Topliss-reactive ketones (excluding diaryl/α,β-unsaturated/α-hetero) is 1. The summed E-state index contributed by atoms with van der Waals surface area (Å²) >= 11 is 0. The van der Waals surface area contributed by atoms with E-state index >= 15 is 0 Å². The maximum atomic E-state index is 11.4. The average Bonchev–Trinajstić information content (AvgIpc) is 2.27. The molecule has 1 aliphatic rings. The summed E-state index contributed by atoms with van der Waals surface area (Å²) in [5, 5.41) is 2.83. The zero-order valence-corrected chi connectivity index (χ0v) is 9.95. The molecule has 0 radical (unpaired) electrons. The molecule has 4 nitrogen and oxygen atoms in total. The molecule has 1 unspecified atom stereocenters. The lowest BCUT2D eigenvalue weighted by Crippen LogP contribution is -2.36. The molecule has 2 rings (SSSR count). The van der Waals surface area contributed by atoms with Gasteiger partial charge < -0.3 is 10.1 Å². The van der Waals surface area contributed by atoms with Crippen LogP contribution in [0.2, 0.25) is 0 Å². The maximum absolute atomic E-state index is 11.4. The van der Waals surface area contributed by atoms with Crippen LogP contribution < -0.4 is 10.1 Å². The molecule has 1 aromatic rings. The molecule has 0 spiro atoms. The molecule has 4 heteroatoms. The Morgan fingerprint density at radius 3 is 2.71 bits per heavy atom. The van der Waals surface area contributed by atoms with E-state index in [0.717, 1.165) is 16.9 Å². The highest BCUT2D eigenvalue weighted by molar-refractivity contribution is 6.00. The molecule has 1 saturated heterocycles. The summed E-state index contributed by atoms with van der Waals surface area (Å²) in [5.74, 6) is 0.606. The first-order chi connectivity index (χ1) is 8.10. The number of rotatable bonds is 2. The number of hydrogen-bond donors (Lipinski definition) is 1. The highest BCUT2D eigenvalue weighted by Crippen LogP contribution is 2.26. The van der Waals surface area contributed by atoms with Crippen LogP contribution >= 0.6 is 0 Å². The first-order valence-corrected chi connectivity index (χ1v) is 5.55. The van der Waals surface area contributed by atoms with Gasteiger partial charge in [-0.15, -0.1) is 0 Å². The average molecular weight is 233 g/mol. The molecule has 1 amide bonds. The number of ether oxygens (including phenoxy) is 1. The normalized spacial score (nSPS) is 20.0.